The van der Waals surface area contributed by atoms with Crippen molar-refractivity contribution in [2.45, 2.75) is 13.3 Å². The van der Waals surface area contributed by atoms with E-state index in [1.807, 2.05) is 0 Å². The second-order valence-corrected chi connectivity index (χ2v) is 7.23. The number of benzene rings is 2. The van der Waals surface area contributed by atoms with Crippen LogP contribution in [0, 0.1) is 23.0 Å². The van der Waals surface area contributed by atoms with Crippen LogP contribution < -0.4 is 10.2 Å². The summed E-state index contributed by atoms with van der Waals surface area (Å²) in [4.78, 5) is 48.3. The van der Waals surface area contributed by atoms with Gasteiger partial charge in [-0.3, -0.25) is 24.5 Å². The first-order chi connectivity index (χ1) is 14.2. The zero-order valence-electron chi connectivity index (χ0n) is 16.0. The molecule has 0 radical (unpaired) electrons. The van der Waals surface area contributed by atoms with Gasteiger partial charge in [0, 0.05) is 35.8 Å². The molecule has 1 atom stereocenters. The predicted molar refractivity (Wildman–Crippen MR) is 109 cm³/mol. The number of hydrogen-bond donors (Lipinski definition) is 1. The van der Waals surface area contributed by atoms with Crippen LogP contribution in [0.15, 0.2) is 42.5 Å². The van der Waals surface area contributed by atoms with Gasteiger partial charge in [0.25, 0.3) is 11.6 Å². The number of nitrogens with one attached hydrogen (secondary N) is 1. The molecule has 0 bridgehead atoms. The maximum absolute atomic E-state index is 12.3. The number of ether oxygens (including phenoxy) is 1. The van der Waals surface area contributed by atoms with Gasteiger partial charge in [0.15, 0.2) is 6.61 Å². The van der Waals surface area contributed by atoms with Gasteiger partial charge in [0.1, 0.15) is 0 Å². The topological polar surface area (TPSA) is 119 Å². The normalized spacial score (nSPS) is 15.7. The van der Waals surface area contributed by atoms with Crippen molar-refractivity contribution in [3.8, 4) is 0 Å². The fourth-order valence-electron chi connectivity index (χ4n) is 3.06. The van der Waals surface area contributed by atoms with E-state index in [0.717, 1.165) is 5.56 Å². The molecule has 1 fully saturated rings. The quantitative estimate of drug-likeness (QED) is 0.426. The molecule has 1 saturated heterocycles. The predicted octanol–water partition coefficient (Wildman–Crippen LogP) is 3.09. The van der Waals surface area contributed by atoms with Gasteiger partial charge < -0.3 is 15.0 Å². The van der Waals surface area contributed by atoms with Crippen LogP contribution in [0.5, 0.6) is 0 Å². The largest absolute Gasteiger partial charge is 0.455 e. The van der Waals surface area contributed by atoms with E-state index in [-0.39, 0.29) is 24.6 Å². The lowest BCUT2D eigenvalue weighted by Crippen LogP contribution is -2.28. The van der Waals surface area contributed by atoms with Crippen molar-refractivity contribution < 1.29 is 24.0 Å². The molecule has 30 heavy (non-hydrogen) atoms. The Hall–Kier alpha value is -3.46. The van der Waals surface area contributed by atoms with Gasteiger partial charge in [-0.2, -0.15) is 0 Å². The third-order valence-corrected chi connectivity index (χ3v) is 4.86. The van der Waals surface area contributed by atoms with Gasteiger partial charge in [-0.1, -0.05) is 23.7 Å². The Balaban J connectivity index is 1.57. The molecule has 2 amide bonds. The molecule has 2 aromatic carbocycles. The van der Waals surface area contributed by atoms with Crippen molar-refractivity contribution in [2.75, 3.05) is 23.4 Å². The number of carbonyl (C=O) groups is 3. The standard InChI is InChI=1S/C20H18ClN3O6/c1-12-5-6-14(21)8-17(12)22-18(25)11-30-20(27)13-7-19(26)23(10-13)15-3-2-4-16(9-15)24(28)29/h2-6,8-9,13H,7,10-11H2,1H3,(H,22,25)/t13-/m1/s1. The number of nitro benzene ring substituents is 1. The minimum Gasteiger partial charge on any atom is -0.455 e. The number of anilines is 2. The van der Waals surface area contributed by atoms with Gasteiger partial charge in [-0.25, -0.2) is 0 Å². The fourth-order valence-corrected chi connectivity index (χ4v) is 3.23. The molecule has 1 aliphatic heterocycles. The summed E-state index contributed by atoms with van der Waals surface area (Å²) in [6.07, 6.45) is -0.101. The summed E-state index contributed by atoms with van der Waals surface area (Å²) in [7, 11) is 0. The van der Waals surface area contributed by atoms with Crippen molar-refractivity contribution in [1.82, 2.24) is 0 Å². The van der Waals surface area contributed by atoms with Crippen LogP contribution >= 0.6 is 11.6 Å². The van der Waals surface area contributed by atoms with Gasteiger partial charge in [0.2, 0.25) is 5.91 Å². The highest BCUT2D eigenvalue weighted by molar-refractivity contribution is 6.31. The zero-order chi connectivity index (χ0) is 21.8. The van der Waals surface area contributed by atoms with Gasteiger partial charge in [-0.15, -0.1) is 0 Å². The molecular formula is C20H18ClN3O6. The lowest BCUT2D eigenvalue weighted by atomic mass is 10.1. The summed E-state index contributed by atoms with van der Waals surface area (Å²) in [5.41, 5.74) is 1.49. The molecule has 3 rings (SSSR count). The number of rotatable bonds is 6. The monoisotopic (exact) mass is 431 g/mol. The van der Waals surface area contributed by atoms with E-state index in [1.165, 1.54) is 23.1 Å². The second-order valence-electron chi connectivity index (χ2n) is 6.80. The Kier molecular flexibility index (Phi) is 6.31. The minimum atomic E-state index is -0.766. The number of nitrogens with zero attached hydrogens (tertiary/aromatic N) is 2. The average Bonchev–Trinajstić information content (AvgIpc) is 3.11. The number of carbonyl (C=O) groups excluding carboxylic acids is 3. The van der Waals surface area contributed by atoms with Crippen LogP contribution in [0.2, 0.25) is 5.02 Å². The number of esters is 1. The van der Waals surface area contributed by atoms with E-state index in [1.54, 1.807) is 31.2 Å². The number of halogens is 1. The second kappa shape index (κ2) is 8.91. The first kappa shape index (κ1) is 21.3. The Morgan fingerprint density at radius 2 is 2.07 bits per heavy atom. The lowest BCUT2D eigenvalue weighted by Gasteiger charge is -2.16. The molecular weight excluding hydrogens is 414 g/mol. The number of non-ortho nitro benzene ring substituents is 1. The highest BCUT2D eigenvalue weighted by Crippen LogP contribution is 2.28. The summed E-state index contributed by atoms with van der Waals surface area (Å²) in [5, 5.41) is 14.0. The molecule has 0 spiro atoms. The Morgan fingerprint density at radius 3 is 2.80 bits per heavy atom. The smallest absolute Gasteiger partial charge is 0.311 e. The van der Waals surface area contributed by atoms with Crippen LogP contribution in [0.25, 0.3) is 0 Å². The molecule has 0 aromatic heterocycles. The molecule has 0 unspecified atom stereocenters. The first-order valence-electron chi connectivity index (χ1n) is 9.02. The van der Waals surface area contributed by atoms with Crippen LogP contribution in [0.1, 0.15) is 12.0 Å². The summed E-state index contributed by atoms with van der Waals surface area (Å²) >= 11 is 5.91. The van der Waals surface area contributed by atoms with Gasteiger partial charge >= 0.3 is 5.97 Å². The highest BCUT2D eigenvalue weighted by atomic mass is 35.5. The number of aryl methyl sites for hydroxylation is 1. The van der Waals surface area contributed by atoms with Crippen molar-refractivity contribution in [3.63, 3.8) is 0 Å². The van der Waals surface area contributed by atoms with Gasteiger partial charge in [0.05, 0.1) is 16.5 Å². The van der Waals surface area contributed by atoms with Crippen LogP contribution in [0.3, 0.4) is 0 Å². The van der Waals surface area contributed by atoms with E-state index in [0.29, 0.717) is 16.4 Å². The maximum atomic E-state index is 12.3. The number of amides is 2. The van der Waals surface area contributed by atoms with Crippen LogP contribution in [0.4, 0.5) is 17.1 Å². The van der Waals surface area contributed by atoms with Crippen molar-refractivity contribution >= 4 is 46.4 Å². The van der Waals surface area contributed by atoms with E-state index in [9.17, 15) is 24.5 Å². The first-order valence-corrected chi connectivity index (χ1v) is 9.40. The number of hydrogen-bond acceptors (Lipinski definition) is 6. The molecule has 1 aliphatic rings. The van der Waals surface area contributed by atoms with E-state index in [2.05, 4.69) is 5.32 Å². The molecule has 0 saturated carbocycles. The SMILES string of the molecule is Cc1ccc(Cl)cc1NC(=O)COC(=O)[C@@H]1CC(=O)N(c2cccc([N+](=O)[O-])c2)C1. The third kappa shape index (κ3) is 4.93. The Morgan fingerprint density at radius 1 is 1.30 bits per heavy atom. The zero-order valence-corrected chi connectivity index (χ0v) is 16.7. The highest BCUT2D eigenvalue weighted by Gasteiger charge is 2.36. The van der Waals surface area contributed by atoms with Crippen molar-refractivity contribution in [3.05, 3.63) is 63.2 Å². The van der Waals surface area contributed by atoms with Crippen molar-refractivity contribution in [2.24, 2.45) is 5.92 Å². The average molecular weight is 432 g/mol. The Labute approximate surface area is 176 Å². The van der Waals surface area contributed by atoms with Crippen LogP contribution in [-0.2, 0) is 19.1 Å². The molecule has 1 N–H and O–H groups in total. The molecule has 156 valence electrons. The minimum absolute atomic E-state index is 0.0217. The maximum Gasteiger partial charge on any atom is 0.311 e. The van der Waals surface area contributed by atoms with E-state index in [4.69, 9.17) is 16.3 Å². The lowest BCUT2D eigenvalue weighted by molar-refractivity contribution is -0.384. The summed E-state index contributed by atoms with van der Waals surface area (Å²) in [6, 6.07) is 10.6. The Bertz CT molecular complexity index is 1030. The van der Waals surface area contributed by atoms with Crippen molar-refractivity contribution in [1.29, 1.82) is 0 Å². The molecule has 2 aromatic rings. The summed E-state index contributed by atoms with van der Waals surface area (Å²) < 4.78 is 5.05. The van der Waals surface area contributed by atoms with Crippen LogP contribution in [-0.4, -0.2) is 35.9 Å². The summed E-state index contributed by atoms with van der Waals surface area (Å²) in [5.74, 6) is -2.34. The molecule has 0 aliphatic carbocycles. The number of nitro groups is 1. The molecule has 1 heterocycles. The van der Waals surface area contributed by atoms with E-state index < -0.39 is 29.3 Å². The third-order valence-electron chi connectivity index (χ3n) is 4.63. The fraction of sp³-hybridized carbons (Fsp3) is 0.250. The molecule has 9 nitrogen and oxygen atoms in total. The van der Waals surface area contributed by atoms with Gasteiger partial charge in [-0.05, 0) is 30.7 Å². The summed E-state index contributed by atoms with van der Waals surface area (Å²) in [6.45, 7) is 1.31. The molecule has 10 heteroatoms. The van der Waals surface area contributed by atoms with E-state index >= 15 is 0 Å².